The van der Waals surface area contributed by atoms with Crippen LogP contribution in [0.1, 0.15) is 35.1 Å². The van der Waals surface area contributed by atoms with E-state index >= 15 is 0 Å². The minimum absolute atomic E-state index is 0.0734. The summed E-state index contributed by atoms with van der Waals surface area (Å²) in [6.45, 7) is 4.22. The zero-order valence-electron chi connectivity index (χ0n) is 11.5. The number of hydrogen-bond donors (Lipinski definition) is 3. The van der Waals surface area contributed by atoms with Crippen LogP contribution in [0.15, 0.2) is 29.8 Å². The first-order valence-corrected chi connectivity index (χ1v) is 7.22. The van der Waals surface area contributed by atoms with Gasteiger partial charge in [0.25, 0.3) is 5.91 Å². The fraction of sp³-hybridized carbons (Fsp3) is 0.286. The average molecular weight is 290 g/mol. The third kappa shape index (κ3) is 3.08. The molecule has 5 N–H and O–H groups in total. The highest BCUT2D eigenvalue weighted by Crippen LogP contribution is 2.30. The first-order valence-electron chi connectivity index (χ1n) is 6.34. The topological polar surface area (TPSA) is 94.0 Å². The van der Waals surface area contributed by atoms with E-state index in [0.29, 0.717) is 23.0 Å². The predicted molar refractivity (Wildman–Crippen MR) is 82.7 cm³/mol. The molecule has 1 amide bonds. The van der Waals surface area contributed by atoms with E-state index < -0.39 is 5.91 Å². The first-order chi connectivity index (χ1) is 9.49. The number of anilines is 2. The number of nitrogens with zero attached hydrogens (tertiary/aromatic N) is 1. The van der Waals surface area contributed by atoms with Crippen molar-refractivity contribution in [3.05, 3.63) is 40.2 Å². The van der Waals surface area contributed by atoms with Crippen molar-refractivity contribution in [2.45, 2.75) is 19.9 Å². The molecule has 106 valence electrons. The molecule has 6 heteroatoms. The van der Waals surface area contributed by atoms with Gasteiger partial charge in [0.2, 0.25) is 0 Å². The number of aromatic nitrogens is 1. The van der Waals surface area contributed by atoms with Gasteiger partial charge in [-0.2, -0.15) is 0 Å². The Labute approximate surface area is 122 Å². The number of pyridine rings is 1. The van der Waals surface area contributed by atoms with Gasteiger partial charge in [-0.1, -0.05) is 19.9 Å². The molecule has 0 fully saturated rings. The van der Waals surface area contributed by atoms with Gasteiger partial charge < -0.3 is 16.8 Å². The highest BCUT2D eigenvalue weighted by molar-refractivity contribution is 7.10. The van der Waals surface area contributed by atoms with Gasteiger partial charge in [-0.25, -0.2) is 4.98 Å². The molecule has 5 nitrogen and oxygen atoms in total. The number of primary amides is 1. The van der Waals surface area contributed by atoms with Crippen LogP contribution in [0.2, 0.25) is 0 Å². The maximum absolute atomic E-state index is 11.5. The average Bonchev–Trinajstić information content (AvgIpc) is 2.90. The van der Waals surface area contributed by atoms with E-state index in [0.717, 1.165) is 0 Å². The number of amides is 1. The quantitative estimate of drug-likeness (QED) is 0.789. The number of nitrogen functional groups attached to an aromatic ring is 1. The van der Waals surface area contributed by atoms with Gasteiger partial charge in [0.1, 0.15) is 5.82 Å². The highest BCUT2D eigenvalue weighted by Gasteiger charge is 2.20. The van der Waals surface area contributed by atoms with Crippen molar-refractivity contribution in [2.75, 3.05) is 11.1 Å². The van der Waals surface area contributed by atoms with Crippen molar-refractivity contribution in [3.8, 4) is 0 Å². The van der Waals surface area contributed by atoms with Crippen LogP contribution >= 0.6 is 11.3 Å². The summed E-state index contributed by atoms with van der Waals surface area (Å²) in [4.78, 5) is 16.9. The Morgan fingerprint density at radius 2 is 2.20 bits per heavy atom. The van der Waals surface area contributed by atoms with Crippen LogP contribution in [0, 0.1) is 5.92 Å². The molecule has 2 rings (SSSR count). The zero-order valence-corrected chi connectivity index (χ0v) is 12.3. The number of thiophene rings is 1. The van der Waals surface area contributed by atoms with Crippen molar-refractivity contribution in [3.63, 3.8) is 0 Å². The molecule has 0 saturated carbocycles. The van der Waals surface area contributed by atoms with Crippen LogP contribution in [0.25, 0.3) is 0 Å². The second-order valence-electron chi connectivity index (χ2n) is 4.91. The first kappa shape index (κ1) is 14.3. The van der Waals surface area contributed by atoms with Crippen molar-refractivity contribution in [1.29, 1.82) is 0 Å². The fourth-order valence-corrected chi connectivity index (χ4v) is 2.91. The SMILES string of the molecule is CC(C)C(Nc1ncc(N)cc1C(N)=O)c1cccs1. The van der Waals surface area contributed by atoms with E-state index in [1.54, 1.807) is 17.4 Å². The molecule has 1 atom stereocenters. The number of nitrogens with two attached hydrogens (primary N) is 2. The second-order valence-corrected chi connectivity index (χ2v) is 5.89. The van der Waals surface area contributed by atoms with Gasteiger partial charge >= 0.3 is 0 Å². The standard InChI is InChI=1S/C14H18N4OS/c1-8(2)12(11-4-3-5-20-11)18-14-10(13(16)19)6-9(15)7-17-14/h3-8,12H,15H2,1-2H3,(H2,16,19)(H,17,18). The van der Waals surface area contributed by atoms with Crippen molar-refractivity contribution in [2.24, 2.45) is 11.7 Å². The molecule has 0 aliphatic carbocycles. The van der Waals surface area contributed by atoms with Crippen LogP contribution in [0.3, 0.4) is 0 Å². The number of nitrogens with one attached hydrogen (secondary N) is 1. The van der Waals surface area contributed by atoms with Gasteiger partial charge in [0, 0.05) is 4.88 Å². The molecule has 1 unspecified atom stereocenters. The molecule has 0 saturated heterocycles. The number of rotatable bonds is 5. The summed E-state index contributed by atoms with van der Waals surface area (Å²) in [5.74, 6) is 0.272. The minimum atomic E-state index is -0.541. The van der Waals surface area contributed by atoms with Crippen molar-refractivity contribution in [1.82, 2.24) is 4.98 Å². The van der Waals surface area contributed by atoms with Gasteiger partial charge in [-0.3, -0.25) is 4.79 Å². The normalized spacial score (nSPS) is 12.3. The third-order valence-electron chi connectivity index (χ3n) is 2.98. The van der Waals surface area contributed by atoms with Gasteiger partial charge in [-0.05, 0) is 23.4 Å². The summed E-state index contributed by atoms with van der Waals surface area (Å²) in [5, 5.41) is 5.33. The number of hydrogen-bond acceptors (Lipinski definition) is 5. The lowest BCUT2D eigenvalue weighted by atomic mass is 10.0. The summed E-state index contributed by atoms with van der Waals surface area (Å²) in [6.07, 6.45) is 1.51. The van der Waals surface area contributed by atoms with Gasteiger partial charge in [0.15, 0.2) is 0 Å². The molecule has 0 aliphatic heterocycles. The largest absolute Gasteiger partial charge is 0.397 e. The van der Waals surface area contributed by atoms with E-state index in [1.807, 2.05) is 11.4 Å². The smallest absolute Gasteiger partial charge is 0.252 e. The summed E-state index contributed by atoms with van der Waals surface area (Å²) in [6, 6.07) is 5.68. The van der Waals surface area contributed by atoms with Crippen LogP contribution < -0.4 is 16.8 Å². The molecule has 20 heavy (non-hydrogen) atoms. The maximum atomic E-state index is 11.5. The summed E-state index contributed by atoms with van der Waals surface area (Å²) >= 11 is 1.66. The summed E-state index contributed by atoms with van der Waals surface area (Å²) < 4.78 is 0. The van der Waals surface area contributed by atoms with Gasteiger partial charge in [-0.15, -0.1) is 11.3 Å². The van der Waals surface area contributed by atoms with Crippen molar-refractivity contribution >= 4 is 28.7 Å². The van der Waals surface area contributed by atoms with E-state index in [9.17, 15) is 4.79 Å². The molecular formula is C14H18N4OS. The minimum Gasteiger partial charge on any atom is -0.397 e. The van der Waals surface area contributed by atoms with Crippen LogP contribution in [-0.2, 0) is 0 Å². The Morgan fingerprint density at radius 1 is 1.45 bits per heavy atom. The lowest BCUT2D eigenvalue weighted by Crippen LogP contribution is -2.21. The number of carbonyl (C=O) groups is 1. The summed E-state index contributed by atoms with van der Waals surface area (Å²) in [5.41, 5.74) is 11.8. The molecular weight excluding hydrogens is 272 g/mol. The van der Waals surface area contributed by atoms with Crippen LogP contribution in [0.5, 0.6) is 0 Å². The molecule has 0 bridgehead atoms. The molecule has 0 aliphatic rings. The van der Waals surface area contributed by atoms with Crippen molar-refractivity contribution < 1.29 is 4.79 Å². The molecule has 2 aromatic heterocycles. The summed E-state index contributed by atoms with van der Waals surface area (Å²) in [7, 11) is 0. The molecule has 0 spiro atoms. The molecule has 2 heterocycles. The second kappa shape index (κ2) is 5.92. The molecule has 0 radical (unpaired) electrons. The monoisotopic (exact) mass is 290 g/mol. The molecule has 0 aromatic carbocycles. The van der Waals surface area contributed by atoms with Crippen LogP contribution in [0.4, 0.5) is 11.5 Å². The van der Waals surface area contributed by atoms with E-state index in [1.165, 1.54) is 11.1 Å². The van der Waals surface area contributed by atoms with E-state index in [2.05, 4.69) is 30.2 Å². The molecule has 2 aromatic rings. The zero-order chi connectivity index (χ0) is 14.7. The lowest BCUT2D eigenvalue weighted by molar-refractivity contribution is 0.100. The highest BCUT2D eigenvalue weighted by atomic mass is 32.1. The Morgan fingerprint density at radius 3 is 2.75 bits per heavy atom. The lowest BCUT2D eigenvalue weighted by Gasteiger charge is -2.23. The number of carbonyl (C=O) groups excluding carboxylic acids is 1. The Bertz CT molecular complexity index is 595. The Balaban J connectivity index is 2.34. The van der Waals surface area contributed by atoms with E-state index in [-0.39, 0.29) is 6.04 Å². The van der Waals surface area contributed by atoms with Gasteiger partial charge in [0.05, 0.1) is 23.5 Å². The Kier molecular flexibility index (Phi) is 4.24. The predicted octanol–water partition coefficient (Wildman–Crippen LogP) is 2.63. The fourth-order valence-electron chi connectivity index (χ4n) is 1.97. The maximum Gasteiger partial charge on any atom is 0.252 e. The van der Waals surface area contributed by atoms with Crippen LogP contribution in [-0.4, -0.2) is 10.9 Å². The Hall–Kier alpha value is -2.08. The third-order valence-corrected chi connectivity index (χ3v) is 3.94. The van der Waals surface area contributed by atoms with E-state index in [4.69, 9.17) is 11.5 Å².